The highest BCUT2D eigenvalue weighted by Gasteiger charge is 2.15. The highest BCUT2D eigenvalue weighted by molar-refractivity contribution is 5.85. The van der Waals surface area contributed by atoms with Crippen LogP contribution in [0.15, 0.2) is 48.5 Å². The van der Waals surface area contributed by atoms with Crippen LogP contribution in [0.4, 0.5) is 0 Å². The van der Waals surface area contributed by atoms with Gasteiger partial charge in [0.15, 0.2) is 0 Å². The third-order valence-corrected chi connectivity index (χ3v) is 4.06. The third-order valence-electron chi connectivity index (χ3n) is 4.06. The number of carbonyl (C=O) groups excluding carboxylic acids is 1. The Morgan fingerprint density at radius 1 is 1.07 bits per heavy atom. The number of hydrogen-bond acceptors (Lipinski definition) is 4. The fraction of sp³-hybridized carbons (Fsp3) is 0.381. The molecule has 2 aromatic rings. The van der Waals surface area contributed by atoms with E-state index in [4.69, 9.17) is 15.2 Å². The Labute approximate surface area is 167 Å². The molecule has 0 aliphatic heterocycles. The highest BCUT2D eigenvalue weighted by Crippen LogP contribution is 2.15. The summed E-state index contributed by atoms with van der Waals surface area (Å²) in [6.45, 7) is 4.78. The number of amides is 1. The van der Waals surface area contributed by atoms with Crippen molar-refractivity contribution in [2.45, 2.75) is 39.0 Å². The van der Waals surface area contributed by atoms with Crippen LogP contribution in [-0.2, 0) is 22.6 Å². The molecule has 0 radical (unpaired) electrons. The van der Waals surface area contributed by atoms with E-state index in [1.165, 1.54) is 12.7 Å². The summed E-state index contributed by atoms with van der Waals surface area (Å²) in [6, 6.07) is 15.6. The zero-order valence-corrected chi connectivity index (χ0v) is 16.9. The molecule has 0 saturated carbocycles. The van der Waals surface area contributed by atoms with Crippen molar-refractivity contribution in [3.05, 3.63) is 65.2 Å². The molecule has 0 saturated heterocycles. The van der Waals surface area contributed by atoms with E-state index in [0.717, 1.165) is 23.3 Å². The van der Waals surface area contributed by atoms with E-state index in [0.29, 0.717) is 6.61 Å². The first-order chi connectivity index (χ1) is 12.5. The minimum Gasteiger partial charge on any atom is -0.489 e. The maximum Gasteiger partial charge on any atom is 0.239 e. The lowest BCUT2D eigenvalue weighted by Gasteiger charge is -2.17. The molecule has 5 nitrogen and oxygen atoms in total. The quantitative estimate of drug-likeness (QED) is 0.688. The number of methoxy groups -OCH3 is 1. The average Bonchev–Trinajstić information content (AvgIpc) is 2.62. The maximum absolute atomic E-state index is 11.9. The number of ether oxygens (including phenoxy) is 2. The van der Waals surface area contributed by atoms with Crippen LogP contribution >= 0.6 is 12.4 Å². The van der Waals surface area contributed by atoms with Gasteiger partial charge in [-0.25, -0.2) is 0 Å². The van der Waals surface area contributed by atoms with Gasteiger partial charge >= 0.3 is 0 Å². The number of benzene rings is 2. The zero-order valence-electron chi connectivity index (χ0n) is 16.1. The lowest BCUT2D eigenvalue weighted by Crippen LogP contribution is -2.47. The fourth-order valence-corrected chi connectivity index (χ4v) is 2.58. The number of halogens is 1. The molecule has 27 heavy (non-hydrogen) atoms. The van der Waals surface area contributed by atoms with Crippen LogP contribution in [-0.4, -0.2) is 31.7 Å². The van der Waals surface area contributed by atoms with Crippen molar-refractivity contribution in [2.75, 3.05) is 13.7 Å². The number of aryl methyl sites for hydroxylation is 1. The molecule has 0 aromatic heterocycles. The molecule has 0 aliphatic rings. The smallest absolute Gasteiger partial charge is 0.239 e. The second-order valence-electron chi connectivity index (χ2n) is 6.59. The van der Waals surface area contributed by atoms with Gasteiger partial charge < -0.3 is 20.5 Å². The van der Waals surface area contributed by atoms with Crippen LogP contribution in [0.1, 0.15) is 23.6 Å². The second-order valence-corrected chi connectivity index (χ2v) is 6.59. The third kappa shape index (κ3) is 7.99. The Kier molecular flexibility index (Phi) is 9.86. The van der Waals surface area contributed by atoms with E-state index >= 15 is 0 Å². The van der Waals surface area contributed by atoms with E-state index < -0.39 is 6.04 Å². The summed E-state index contributed by atoms with van der Waals surface area (Å²) in [5, 5.41) is 2.90. The van der Waals surface area contributed by atoms with Crippen LogP contribution in [0.25, 0.3) is 0 Å². The number of rotatable bonds is 9. The molecular weight excluding hydrogens is 364 g/mol. The lowest BCUT2D eigenvalue weighted by atomic mass is 10.1. The van der Waals surface area contributed by atoms with Crippen molar-refractivity contribution >= 4 is 18.3 Å². The number of carbonyl (C=O) groups is 1. The summed E-state index contributed by atoms with van der Waals surface area (Å²) >= 11 is 0. The number of nitrogens with two attached hydrogens (primary N) is 1. The van der Waals surface area contributed by atoms with Crippen molar-refractivity contribution in [1.29, 1.82) is 0 Å². The standard InChI is InChI=1S/C21H28N2O3.ClH/c1-15-4-6-18(7-5-15)13-26-19-10-8-17(9-11-19)12-16(2)23-21(24)20(22)14-25-3;/h4-11,16,20H,12-14,22H2,1-3H3,(H,23,24);1H. The highest BCUT2D eigenvalue weighted by atomic mass is 35.5. The van der Waals surface area contributed by atoms with Crippen LogP contribution in [0.5, 0.6) is 5.75 Å². The van der Waals surface area contributed by atoms with Crippen molar-refractivity contribution in [2.24, 2.45) is 5.73 Å². The summed E-state index contributed by atoms with van der Waals surface area (Å²) < 4.78 is 10.7. The molecule has 2 unspecified atom stereocenters. The predicted octanol–water partition coefficient (Wildman–Crippen LogP) is 3.02. The van der Waals surface area contributed by atoms with Gasteiger partial charge in [-0.2, -0.15) is 0 Å². The first-order valence-electron chi connectivity index (χ1n) is 8.80. The van der Waals surface area contributed by atoms with E-state index in [1.807, 2.05) is 31.2 Å². The monoisotopic (exact) mass is 392 g/mol. The number of hydrogen-bond donors (Lipinski definition) is 2. The van der Waals surface area contributed by atoms with E-state index in [2.05, 4.69) is 36.5 Å². The summed E-state index contributed by atoms with van der Waals surface area (Å²) in [7, 11) is 1.53. The van der Waals surface area contributed by atoms with Gasteiger partial charge in [-0.3, -0.25) is 4.79 Å². The van der Waals surface area contributed by atoms with E-state index in [-0.39, 0.29) is 31.0 Å². The van der Waals surface area contributed by atoms with Crippen molar-refractivity contribution in [1.82, 2.24) is 5.32 Å². The number of nitrogens with one attached hydrogen (secondary N) is 1. The van der Waals surface area contributed by atoms with Gasteiger partial charge in [-0.1, -0.05) is 42.0 Å². The van der Waals surface area contributed by atoms with Gasteiger partial charge in [-0.15, -0.1) is 12.4 Å². The Morgan fingerprint density at radius 3 is 2.26 bits per heavy atom. The summed E-state index contributed by atoms with van der Waals surface area (Å²) in [6.07, 6.45) is 0.726. The minimum atomic E-state index is -0.639. The summed E-state index contributed by atoms with van der Waals surface area (Å²) in [5.74, 6) is 0.630. The molecule has 2 atom stereocenters. The molecule has 0 fully saturated rings. The van der Waals surface area contributed by atoms with Crippen molar-refractivity contribution < 1.29 is 14.3 Å². The Balaban J connectivity index is 0.00000364. The van der Waals surface area contributed by atoms with Gasteiger partial charge in [0, 0.05) is 13.2 Å². The first-order valence-corrected chi connectivity index (χ1v) is 8.80. The van der Waals surface area contributed by atoms with E-state index in [1.54, 1.807) is 0 Å². The Bertz CT molecular complexity index is 690. The zero-order chi connectivity index (χ0) is 18.9. The van der Waals surface area contributed by atoms with Gasteiger partial charge in [0.25, 0.3) is 0 Å². The fourth-order valence-electron chi connectivity index (χ4n) is 2.58. The van der Waals surface area contributed by atoms with Gasteiger partial charge in [0.1, 0.15) is 18.4 Å². The van der Waals surface area contributed by atoms with Gasteiger partial charge in [-0.05, 0) is 43.5 Å². The normalized spacial score (nSPS) is 12.6. The minimum absolute atomic E-state index is 0. The van der Waals surface area contributed by atoms with Crippen LogP contribution < -0.4 is 15.8 Å². The molecule has 148 valence electrons. The van der Waals surface area contributed by atoms with Crippen molar-refractivity contribution in [3.63, 3.8) is 0 Å². The van der Waals surface area contributed by atoms with E-state index in [9.17, 15) is 4.79 Å². The first kappa shape index (κ1) is 23.0. The summed E-state index contributed by atoms with van der Waals surface area (Å²) in [5.41, 5.74) is 9.23. The molecule has 0 bridgehead atoms. The summed E-state index contributed by atoms with van der Waals surface area (Å²) in [4.78, 5) is 11.9. The SMILES string of the molecule is COCC(N)C(=O)NC(C)Cc1ccc(OCc2ccc(C)cc2)cc1.Cl. The van der Waals surface area contributed by atoms with Gasteiger partial charge in [0.2, 0.25) is 5.91 Å². The largest absolute Gasteiger partial charge is 0.489 e. The topological polar surface area (TPSA) is 73.6 Å². The molecule has 3 N–H and O–H groups in total. The van der Waals surface area contributed by atoms with Gasteiger partial charge in [0.05, 0.1) is 6.61 Å². The molecule has 0 heterocycles. The van der Waals surface area contributed by atoms with Crippen molar-refractivity contribution in [3.8, 4) is 5.75 Å². The van der Waals surface area contributed by atoms with Crippen LogP contribution in [0, 0.1) is 6.92 Å². The second kappa shape index (κ2) is 11.6. The predicted molar refractivity (Wildman–Crippen MR) is 110 cm³/mol. The molecule has 6 heteroatoms. The average molecular weight is 393 g/mol. The molecule has 2 rings (SSSR count). The lowest BCUT2D eigenvalue weighted by molar-refractivity contribution is -0.124. The maximum atomic E-state index is 11.9. The Hall–Kier alpha value is -2.08. The van der Waals surface area contributed by atoms with Crippen LogP contribution in [0.3, 0.4) is 0 Å². The van der Waals surface area contributed by atoms with Crippen LogP contribution in [0.2, 0.25) is 0 Å². The molecule has 0 spiro atoms. The molecule has 0 aliphatic carbocycles. The molecule has 2 aromatic carbocycles. The molecule has 1 amide bonds. The Morgan fingerprint density at radius 2 is 1.67 bits per heavy atom. The molecular formula is C21H29ClN2O3.